The van der Waals surface area contributed by atoms with Gasteiger partial charge in [0.05, 0.1) is 12.1 Å². The van der Waals surface area contributed by atoms with Crippen molar-refractivity contribution in [3.8, 4) is 0 Å². The summed E-state index contributed by atoms with van der Waals surface area (Å²) in [7, 11) is 0. The smallest absolute Gasteiger partial charge is 0.269 e. The minimum Gasteiger partial charge on any atom is -0.274 e. The van der Waals surface area contributed by atoms with Crippen LogP contribution in [-0.2, 0) is 14.4 Å². The predicted molar refractivity (Wildman–Crippen MR) is 117 cm³/mol. The molecule has 0 aromatic heterocycles. The lowest BCUT2D eigenvalue weighted by molar-refractivity contribution is -0.137. The van der Waals surface area contributed by atoms with Gasteiger partial charge in [-0.15, -0.1) is 0 Å². The standard InChI is InChI=1S/C24H25N3O4/c1-5-6-21(28)27(25-23(30)18-10-7-15(2)8-11-18)20-14-22(29)26(24(20)31)19-12-9-16(3)17(4)13-19/h5-13,20H,14H2,1-4H3,(H,25,30). The van der Waals surface area contributed by atoms with Crippen LogP contribution in [-0.4, -0.2) is 34.7 Å². The molecule has 1 unspecified atom stereocenters. The Kier molecular flexibility index (Phi) is 6.34. The van der Waals surface area contributed by atoms with E-state index >= 15 is 0 Å². The first kappa shape index (κ1) is 22.0. The highest BCUT2D eigenvalue weighted by atomic mass is 16.2. The van der Waals surface area contributed by atoms with Crippen molar-refractivity contribution >= 4 is 29.3 Å². The molecule has 31 heavy (non-hydrogen) atoms. The van der Waals surface area contributed by atoms with E-state index in [1.54, 1.807) is 43.3 Å². The van der Waals surface area contributed by atoms with Crippen LogP contribution in [0.15, 0.2) is 54.6 Å². The van der Waals surface area contributed by atoms with Gasteiger partial charge in [-0.1, -0.05) is 29.8 Å². The number of carbonyl (C=O) groups excluding carboxylic acids is 4. The Bertz CT molecular complexity index is 1070. The number of carbonyl (C=O) groups is 4. The number of hydrogen-bond acceptors (Lipinski definition) is 4. The van der Waals surface area contributed by atoms with Gasteiger partial charge >= 0.3 is 0 Å². The van der Waals surface area contributed by atoms with Gasteiger partial charge in [0.1, 0.15) is 6.04 Å². The van der Waals surface area contributed by atoms with E-state index in [1.165, 1.54) is 12.2 Å². The maximum Gasteiger partial charge on any atom is 0.269 e. The third-order valence-corrected chi connectivity index (χ3v) is 5.27. The number of hydrogen-bond donors (Lipinski definition) is 1. The zero-order valence-corrected chi connectivity index (χ0v) is 18.0. The summed E-state index contributed by atoms with van der Waals surface area (Å²) in [5.74, 6) is -2.12. The molecule has 3 rings (SSSR count). The Balaban J connectivity index is 1.90. The minimum atomic E-state index is -1.13. The van der Waals surface area contributed by atoms with Gasteiger partial charge in [0, 0.05) is 11.6 Å². The number of nitrogens with one attached hydrogen (secondary N) is 1. The highest BCUT2D eigenvalue weighted by Gasteiger charge is 2.45. The van der Waals surface area contributed by atoms with E-state index in [4.69, 9.17) is 0 Å². The average molecular weight is 419 g/mol. The molecule has 1 atom stereocenters. The molecule has 2 aromatic rings. The second kappa shape index (κ2) is 8.95. The molecule has 2 aromatic carbocycles. The van der Waals surface area contributed by atoms with Crippen LogP contribution in [0.3, 0.4) is 0 Å². The molecule has 1 N–H and O–H groups in total. The molecule has 160 valence electrons. The van der Waals surface area contributed by atoms with Crippen LogP contribution < -0.4 is 10.3 Å². The first-order valence-electron chi connectivity index (χ1n) is 10.0. The van der Waals surface area contributed by atoms with Gasteiger partial charge in [0.2, 0.25) is 5.91 Å². The minimum absolute atomic E-state index is 0.219. The Morgan fingerprint density at radius 3 is 2.32 bits per heavy atom. The van der Waals surface area contributed by atoms with E-state index in [1.807, 2.05) is 26.8 Å². The van der Waals surface area contributed by atoms with E-state index in [0.29, 0.717) is 11.3 Å². The molecular formula is C24H25N3O4. The number of anilines is 1. The topological polar surface area (TPSA) is 86.8 Å². The molecule has 0 bridgehead atoms. The summed E-state index contributed by atoms with van der Waals surface area (Å²) in [6, 6.07) is 11.0. The van der Waals surface area contributed by atoms with E-state index < -0.39 is 29.7 Å². The summed E-state index contributed by atoms with van der Waals surface area (Å²) in [4.78, 5) is 52.3. The lowest BCUT2D eigenvalue weighted by Crippen LogP contribution is -2.54. The van der Waals surface area contributed by atoms with E-state index in [9.17, 15) is 19.2 Å². The molecule has 1 saturated heterocycles. The molecule has 7 nitrogen and oxygen atoms in total. The fraction of sp³-hybridized carbons (Fsp3) is 0.250. The number of allylic oxidation sites excluding steroid dienone is 1. The molecule has 4 amide bonds. The maximum absolute atomic E-state index is 13.2. The molecule has 0 saturated carbocycles. The molecule has 0 radical (unpaired) electrons. The summed E-state index contributed by atoms with van der Waals surface area (Å²) >= 11 is 0. The number of hydrazine groups is 1. The number of benzene rings is 2. The van der Waals surface area contributed by atoms with Gasteiger partial charge < -0.3 is 0 Å². The zero-order chi connectivity index (χ0) is 22.7. The number of rotatable bonds is 4. The number of amides is 4. The van der Waals surface area contributed by atoms with E-state index in [2.05, 4.69) is 5.43 Å². The summed E-state index contributed by atoms with van der Waals surface area (Å²) in [5, 5.41) is 0.948. The Morgan fingerprint density at radius 1 is 1.03 bits per heavy atom. The molecular weight excluding hydrogens is 394 g/mol. The van der Waals surface area contributed by atoms with Crippen LogP contribution in [0, 0.1) is 20.8 Å². The third kappa shape index (κ3) is 4.55. The monoisotopic (exact) mass is 419 g/mol. The maximum atomic E-state index is 13.2. The number of aryl methyl sites for hydroxylation is 3. The fourth-order valence-corrected chi connectivity index (χ4v) is 3.34. The lowest BCUT2D eigenvalue weighted by Gasteiger charge is -2.27. The third-order valence-electron chi connectivity index (χ3n) is 5.27. The van der Waals surface area contributed by atoms with Gasteiger partial charge in [-0.25, -0.2) is 9.91 Å². The van der Waals surface area contributed by atoms with Crippen LogP contribution in [0.25, 0.3) is 0 Å². The van der Waals surface area contributed by atoms with Gasteiger partial charge in [-0.2, -0.15) is 0 Å². The molecule has 1 fully saturated rings. The van der Waals surface area contributed by atoms with Crippen LogP contribution in [0.2, 0.25) is 0 Å². The summed E-state index contributed by atoms with van der Waals surface area (Å²) in [6.45, 7) is 7.38. The van der Waals surface area contributed by atoms with Crippen molar-refractivity contribution in [2.24, 2.45) is 0 Å². The highest BCUT2D eigenvalue weighted by Crippen LogP contribution is 2.27. The lowest BCUT2D eigenvalue weighted by atomic mass is 10.1. The number of imide groups is 1. The first-order chi connectivity index (χ1) is 14.7. The van der Waals surface area contributed by atoms with E-state index in [-0.39, 0.29) is 6.42 Å². The van der Waals surface area contributed by atoms with Crippen LogP contribution in [0.5, 0.6) is 0 Å². The second-order valence-electron chi connectivity index (χ2n) is 7.57. The largest absolute Gasteiger partial charge is 0.274 e. The van der Waals surface area contributed by atoms with Crippen LogP contribution in [0.1, 0.15) is 40.4 Å². The molecule has 1 heterocycles. The van der Waals surface area contributed by atoms with Gasteiger partial charge in [0.25, 0.3) is 17.7 Å². The summed E-state index contributed by atoms with van der Waals surface area (Å²) < 4.78 is 0. The van der Waals surface area contributed by atoms with Gasteiger partial charge in [-0.05, 0) is 63.1 Å². The SMILES string of the molecule is CC=CC(=O)N(NC(=O)c1ccc(C)cc1)C1CC(=O)N(c2ccc(C)c(C)c2)C1=O. The molecule has 1 aliphatic heterocycles. The van der Waals surface area contributed by atoms with Crippen molar-refractivity contribution < 1.29 is 19.2 Å². The van der Waals surface area contributed by atoms with Crippen LogP contribution in [0.4, 0.5) is 5.69 Å². The Hall–Kier alpha value is -3.74. The Morgan fingerprint density at radius 2 is 1.71 bits per heavy atom. The molecule has 0 spiro atoms. The van der Waals surface area contributed by atoms with E-state index in [0.717, 1.165) is 26.6 Å². The summed E-state index contributed by atoms with van der Waals surface area (Å²) in [6.07, 6.45) is 2.53. The number of nitrogens with zero attached hydrogens (tertiary/aromatic N) is 2. The van der Waals surface area contributed by atoms with Crippen LogP contribution >= 0.6 is 0 Å². The fourth-order valence-electron chi connectivity index (χ4n) is 3.34. The summed E-state index contributed by atoms with van der Waals surface area (Å²) in [5.41, 5.74) is 6.27. The highest BCUT2D eigenvalue weighted by molar-refractivity contribution is 6.23. The average Bonchev–Trinajstić information content (AvgIpc) is 3.02. The van der Waals surface area contributed by atoms with Crippen molar-refractivity contribution in [1.29, 1.82) is 0 Å². The molecule has 7 heteroatoms. The van der Waals surface area contributed by atoms with Gasteiger partial charge in [0.15, 0.2) is 0 Å². The normalized spacial score (nSPS) is 16.1. The molecule has 0 aliphatic carbocycles. The van der Waals surface area contributed by atoms with Crippen molar-refractivity contribution in [1.82, 2.24) is 10.4 Å². The quantitative estimate of drug-likeness (QED) is 0.469. The zero-order valence-electron chi connectivity index (χ0n) is 18.0. The van der Waals surface area contributed by atoms with Crippen molar-refractivity contribution in [3.63, 3.8) is 0 Å². The predicted octanol–water partition coefficient (Wildman–Crippen LogP) is 2.99. The Labute approximate surface area is 181 Å². The first-order valence-corrected chi connectivity index (χ1v) is 10.0. The van der Waals surface area contributed by atoms with Crippen molar-refractivity contribution in [3.05, 3.63) is 76.9 Å². The van der Waals surface area contributed by atoms with Crippen molar-refractivity contribution in [2.75, 3.05) is 4.90 Å². The molecule has 1 aliphatic rings. The van der Waals surface area contributed by atoms with Gasteiger partial charge in [-0.3, -0.25) is 24.6 Å². The van der Waals surface area contributed by atoms with Crippen molar-refractivity contribution in [2.45, 2.75) is 40.2 Å². The second-order valence-corrected chi connectivity index (χ2v) is 7.57.